The number of fused-ring (bicyclic) bond motifs is 1. The number of carboxylic acids is 1. The Bertz CT molecular complexity index is 756. The van der Waals surface area contributed by atoms with Crippen molar-refractivity contribution < 1.29 is 24.7 Å². The first-order valence-corrected chi connectivity index (χ1v) is 8.88. The van der Waals surface area contributed by atoms with Crippen molar-refractivity contribution >= 4 is 29.5 Å². The highest BCUT2D eigenvalue weighted by molar-refractivity contribution is 8.01. The third-order valence-corrected chi connectivity index (χ3v) is 6.15. The zero-order valence-electron chi connectivity index (χ0n) is 14.2. The summed E-state index contributed by atoms with van der Waals surface area (Å²) < 4.78 is -0.657. The van der Waals surface area contributed by atoms with Crippen LogP contribution in [-0.4, -0.2) is 50.0 Å². The summed E-state index contributed by atoms with van der Waals surface area (Å²) in [5, 5.41) is 13.4. The molecule has 26 heavy (non-hydrogen) atoms. The summed E-state index contributed by atoms with van der Waals surface area (Å²) in [6.07, 6.45) is 0. The van der Waals surface area contributed by atoms with Gasteiger partial charge in [0.05, 0.1) is 0 Å². The Hall–Kier alpha value is -2.62. The summed E-state index contributed by atoms with van der Waals surface area (Å²) in [4.78, 5) is 37.9. The van der Waals surface area contributed by atoms with Gasteiger partial charge in [-0.05, 0) is 19.4 Å². The van der Waals surface area contributed by atoms with E-state index in [2.05, 4.69) is 10.7 Å². The van der Waals surface area contributed by atoms with Crippen LogP contribution in [0, 0.1) is 0 Å². The molecule has 3 rings (SSSR count). The summed E-state index contributed by atoms with van der Waals surface area (Å²) in [6.45, 7) is 3.54. The van der Waals surface area contributed by atoms with Gasteiger partial charge in [0.25, 0.3) is 0 Å². The average molecular weight is 377 g/mol. The molecule has 9 nitrogen and oxygen atoms in total. The smallest absolute Gasteiger partial charge is 0.327 e. The number of carboxylic acid groups (broad SMARTS) is 1. The number of nitrogens with zero attached hydrogens (tertiary/aromatic N) is 2. The number of hydrazine groups is 1. The molecular formula is C16H19N5O4S. The van der Waals surface area contributed by atoms with Gasteiger partial charge in [0.15, 0.2) is 0 Å². The Labute approximate surface area is 154 Å². The molecule has 0 aliphatic carbocycles. The number of carbonyl (C=O) groups is 3. The number of hydrogen-bond donors (Lipinski definition) is 4. The van der Waals surface area contributed by atoms with Gasteiger partial charge in [-0.1, -0.05) is 30.3 Å². The van der Waals surface area contributed by atoms with E-state index in [9.17, 15) is 19.5 Å². The van der Waals surface area contributed by atoms with E-state index < -0.39 is 46.0 Å². The van der Waals surface area contributed by atoms with Crippen LogP contribution in [0.5, 0.6) is 0 Å². The summed E-state index contributed by atoms with van der Waals surface area (Å²) in [6, 6.07) is 6.05. The zero-order chi connectivity index (χ0) is 19.1. The standard InChI is InChI=1S/C16H19N5O4S/c1-16(2)11(15(24)25)21-13(23)10(14(21)26-16)18-12(22)9(19-20-17)8-6-4-3-5-7-8/h3-7,9-11,14,20H,1-2H3,(H3-,17,18,19,22,24,25)/t9-,10-,11+,14-/m1/s1. The van der Waals surface area contributed by atoms with Crippen molar-refractivity contribution in [2.45, 2.75) is 42.1 Å². The topological polar surface area (TPSA) is 135 Å². The highest BCUT2D eigenvalue weighted by atomic mass is 32.2. The van der Waals surface area contributed by atoms with E-state index in [1.54, 1.807) is 49.4 Å². The van der Waals surface area contributed by atoms with Crippen LogP contribution in [0.3, 0.4) is 0 Å². The number of thioether (sulfide) groups is 1. The molecule has 1 aromatic carbocycles. The van der Waals surface area contributed by atoms with E-state index in [-0.39, 0.29) is 0 Å². The lowest BCUT2D eigenvalue weighted by atomic mass is 9.95. The van der Waals surface area contributed by atoms with Crippen molar-refractivity contribution in [3.63, 3.8) is 0 Å². The molecular weight excluding hydrogens is 358 g/mol. The molecule has 2 heterocycles. The highest BCUT2D eigenvalue weighted by Gasteiger charge is 2.64. The predicted molar refractivity (Wildman–Crippen MR) is 92.3 cm³/mol. The van der Waals surface area contributed by atoms with Gasteiger partial charge < -0.3 is 15.3 Å². The molecule has 2 fully saturated rings. The number of nitrogens with one attached hydrogen (secondary N) is 3. The molecule has 138 valence electrons. The van der Waals surface area contributed by atoms with E-state index in [1.165, 1.54) is 16.7 Å². The zero-order valence-corrected chi connectivity index (χ0v) is 15.0. The van der Waals surface area contributed by atoms with Crippen LogP contribution in [0.4, 0.5) is 0 Å². The fourth-order valence-electron chi connectivity index (χ4n) is 3.39. The molecule has 0 unspecified atom stereocenters. The second kappa shape index (κ2) is 6.60. The van der Waals surface area contributed by atoms with Gasteiger partial charge in [-0.25, -0.2) is 4.79 Å². The summed E-state index contributed by atoms with van der Waals surface area (Å²) >= 11 is 1.35. The third kappa shape index (κ3) is 2.90. The van der Waals surface area contributed by atoms with Crippen molar-refractivity contribution in [2.75, 3.05) is 0 Å². The number of β-lactam (4-membered cyclic amide) rings is 1. The van der Waals surface area contributed by atoms with E-state index in [0.29, 0.717) is 5.56 Å². The number of rotatable bonds is 6. The minimum Gasteiger partial charge on any atom is -0.480 e. The van der Waals surface area contributed by atoms with Gasteiger partial charge in [0, 0.05) is 4.75 Å². The third-order valence-electron chi connectivity index (χ3n) is 4.58. The number of aliphatic carboxylic acids is 1. The lowest BCUT2D eigenvalue weighted by Crippen LogP contribution is -2.78. The molecule has 2 aliphatic rings. The number of hydrogen-bond acceptors (Lipinski definition) is 4. The van der Waals surface area contributed by atoms with Crippen LogP contribution < -0.4 is 16.0 Å². The Morgan fingerprint density at radius 2 is 2.00 bits per heavy atom. The molecule has 4 N–H and O–H groups in total. The number of carbonyl (C=O) groups excluding carboxylic acids is 2. The average Bonchev–Trinajstić information content (AvgIpc) is 2.86. The minimum absolute atomic E-state index is 0.419. The normalized spacial score (nSPS) is 27.1. The van der Waals surface area contributed by atoms with E-state index in [0.717, 1.165) is 0 Å². The molecule has 0 spiro atoms. The van der Waals surface area contributed by atoms with Crippen LogP contribution in [0.2, 0.25) is 0 Å². The number of amides is 2. The first-order chi connectivity index (χ1) is 12.3. The van der Waals surface area contributed by atoms with Crippen LogP contribution in [0.25, 0.3) is 5.53 Å². The van der Waals surface area contributed by atoms with Crippen molar-refractivity contribution in [1.82, 2.24) is 15.6 Å². The quantitative estimate of drug-likeness (QED) is 0.284. The number of benzene rings is 1. The van der Waals surface area contributed by atoms with E-state index in [1.807, 2.05) is 0 Å². The molecule has 4 atom stereocenters. The maximum Gasteiger partial charge on any atom is 0.327 e. The van der Waals surface area contributed by atoms with Crippen LogP contribution in [0.1, 0.15) is 25.5 Å². The first kappa shape index (κ1) is 18.2. The van der Waals surface area contributed by atoms with Crippen LogP contribution in [0.15, 0.2) is 30.3 Å². The fraction of sp³-hybridized carbons (Fsp3) is 0.438. The summed E-state index contributed by atoms with van der Waals surface area (Å²) in [7, 11) is 0. The molecule has 0 radical (unpaired) electrons. The Morgan fingerprint density at radius 1 is 1.35 bits per heavy atom. The second-order valence-corrected chi connectivity index (χ2v) is 8.46. The molecule has 1 aromatic rings. The minimum atomic E-state index is -1.06. The Kier molecular flexibility index (Phi) is 4.61. The van der Waals surface area contributed by atoms with Crippen LogP contribution >= 0.6 is 11.8 Å². The van der Waals surface area contributed by atoms with Gasteiger partial charge in [0.1, 0.15) is 23.5 Å². The summed E-state index contributed by atoms with van der Waals surface area (Å²) in [5.74, 6) is -1.98. The second-order valence-electron chi connectivity index (χ2n) is 6.68. The van der Waals surface area contributed by atoms with E-state index in [4.69, 9.17) is 5.53 Å². The van der Waals surface area contributed by atoms with Gasteiger partial charge in [-0.15, -0.1) is 11.8 Å². The SMILES string of the molecule is CC1(C)S[C@@H]2[C@H](NC(=O)[C@H](N[NH+]=[N-])c3ccccc3)C(=O)N2[C@H]1C(=O)O. The van der Waals surface area contributed by atoms with Gasteiger partial charge in [-0.2, -0.15) is 10.8 Å². The molecule has 0 aromatic heterocycles. The lowest BCUT2D eigenvalue weighted by molar-refractivity contribution is -0.554. The van der Waals surface area contributed by atoms with Crippen molar-refractivity contribution in [2.24, 2.45) is 0 Å². The highest BCUT2D eigenvalue weighted by Crippen LogP contribution is 2.50. The molecule has 2 saturated heterocycles. The molecule has 10 heteroatoms. The fourth-order valence-corrected chi connectivity index (χ4v) is 5.02. The van der Waals surface area contributed by atoms with Crippen molar-refractivity contribution in [3.05, 3.63) is 41.4 Å². The van der Waals surface area contributed by atoms with Crippen molar-refractivity contribution in [3.8, 4) is 0 Å². The monoisotopic (exact) mass is 377 g/mol. The maximum atomic E-state index is 12.6. The van der Waals surface area contributed by atoms with Crippen LogP contribution in [-0.2, 0) is 14.4 Å². The first-order valence-electron chi connectivity index (χ1n) is 8.00. The van der Waals surface area contributed by atoms with Crippen molar-refractivity contribution in [1.29, 1.82) is 0 Å². The summed E-state index contributed by atoms with van der Waals surface area (Å²) in [5.41, 5.74) is 12.0. The largest absolute Gasteiger partial charge is 0.480 e. The van der Waals surface area contributed by atoms with E-state index >= 15 is 0 Å². The molecule has 2 aliphatic heterocycles. The maximum absolute atomic E-state index is 12.6. The van der Waals surface area contributed by atoms with Gasteiger partial charge in [0.2, 0.25) is 11.8 Å². The molecule has 0 bridgehead atoms. The molecule has 0 saturated carbocycles. The van der Waals surface area contributed by atoms with Gasteiger partial charge >= 0.3 is 5.97 Å². The predicted octanol–water partition coefficient (Wildman–Crippen LogP) is -1.03. The van der Waals surface area contributed by atoms with Gasteiger partial charge in [-0.3, -0.25) is 15.0 Å². The molecule has 2 amide bonds. The Morgan fingerprint density at radius 3 is 2.58 bits per heavy atom. The lowest BCUT2D eigenvalue weighted by Gasteiger charge is -2.44. The Balaban J connectivity index is 1.75.